The number of rotatable bonds is 6. The Labute approximate surface area is 67.3 Å². The minimum Gasteiger partial charge on any atom is -0.395 e. The first-order valence-electron chi connectivity index (χ1n) is 3.85. The van der Waals surface area contributed by atoms with Crippen LogP contribution in [0, 0.1) is 0 Å². The summed E-state index contributed by atoms with van der Waals surface area (Å²) in [6, 6.07) is -0.449. The van der Waals surface area contributed by atoms with Crippen LogP contribution in [0.5, 0.6) is 0 Å². The Balaban J connectivity index is 3.66. The van der Waals surface area contributed by atoms with Crippen LogP contribution >= 0.6 is 0 Å². The third-order valence-corrected chi connectivity index (χ3v) is 1.22. The molecule has 0 spiro atoms. The molecule has 0 rings (SSSR count). The maximum absolute atomic E-state index is 8.67. The van der Waals surface area contributed by atoms with Crippen LogP contribution in [0.3, 0.4) is 0 Å². The van der Waals surface area contributed by atoms with Gasteiger partial charge in [-0.2, -0.15) is 0 Å². The molecule has 0 fully saturated rings. The van der Waals surface area contributed by atoms with Gasteiger partial charge in [-0.25, -0.2) is 0 Å². The molecule has 0 aliphatic rings. The van der Waals surface area contributed by atoms with Crippen LogP contribution in [0.25, 0.3) is 0 Å². The lowest BCUT2D eigenvalue weighted by Gasteiger charge is -2.21. The predicted octanol–water partition coefficient (Wildman–Crippen LogP) is -0.295. The van der Waals surface area contributed by atoms with Gasteiger partial charge in [0.1, 0.15) is 0 Å². The lowest BCUT2D eigenvalue weighted by molar-refractivity contribution is -0.153. The van der Waals surface area contributed by atoms with Crippen molar-refractivity contribution in [3.63, 3.8) is 0 Å². The summed E-state index contributed by atoms with van der Waals surface area (Å²) in [4.78, 5) is 0. The lowest BCUT2D eigenvalue weighted by Crippen LogP contribution is -2.41. The van der Waals surface area contributed by atoms with E-state index in [9.17, 15) is 0 Å². The van der Waals surface area contributed by atoms with Crippen LogP contribution in [0.4, 0.5) is 0 Å². The zero-order valence-corrected chi connectivity index (χ0v) is 7.12. The fourth-order valence-corrected chi connectivity index (χ4v) is 0.710. The van der Waals surface area contributed by atoms with Gasteiger partial charge in [-0.1, -0.05) is 0 Å². The average molecular weight is 163 g/mol. The van der Waals surface area contributed by atoms with Gasteiger partial charge in [-0.3, -0.25) is 0 Å². The van der Waals surface area contributed by atoms with Gasteiger partial charge in [0.2, 0.25) is 0 Å². The molecule has 4 heteroatoms. The first-order valence-corrected chi connectivity index (χ1v) is 3.85. The van der Waals surface area contributed by atoms with Gasteiger partial charge >= 0.3 is 0 Å². The Kier molecular flexibility index (Phi) is 6.45. The summed E-state index contributed by atoms with van der Waals surface area (Å²) in [6.45, 7) is 4.67. The number of aliphatic hydroxyl groups excluding tert-OH is 1. The smallest absolute Gasteiger partial charge is 0.174 e. The normalized spacial score (nSPS) is 13.9. The predicted molar refractivity (Wildman–Crippen MR) is 42.1 cm³/mol. The fraction of sp³-hybridized carbons (Fsp3) is 1.00. The largest absolute Gasteiger partial charge is 0.395 e. The molecule has 0 saturated heterocycles. The van der Waals surface area contributed by atoms with E-state index in [2.05, 4.69) is 0 Å². The van der Waals surface area contributed by atoms with Crippen LogP contribution in [-0.4, -0.2) is 37.3 Å². The van der Waals surface area contributed by atoms with Crippen molar-refractivity contribution >= 4 is 0 Å². The maximum Gasteiger partial charge on any atom is 0.174 e. The van der Waals surface area contributed by atoms with E-state index < -0.39 is 12.3 Å². The van der Waals surface area contributed by atoms with Gasteiger partial charge in [-0.05, 0) is 13.8 Å². The van der Waals surface area contributed by atoms with Crippen LogP contribution in [0.2, 0.25) is 0 Å². The van der Waals surface area contributed by atoms with E-state index >= 15 is 0 Å². The second kappa shape index (κ2) is 6.54. The monoisotopic (exact) mass is 163 g/mol. The molecule has 0 amide bonds. The highest BCUT2D eigenvalue weighted by Gasteiger charge is 2.16. The van der Waals surface area contributed by atoms with E-state index in [1.54, 1.807) is 0 Å². The summed E-state index contributed by atoms with van der Waals surface area (Å²) >= 11 is 0. The molecule has 1 atom stereocenters. The molecule has 0 aromatic carbocycles. The molecule has 0 aliphatic heterocycles. The Morgan fingerprint density at radius 1 is 1.27 bits per heavy atom. The maximum atomic E-state index is 8.67. The minimum atomic E-state index is -0.477. The van der Waals surface area contributed by atoms with Gasteiger partial charge in [0.25, 0.3) is 0 Å². The number of nitrogens with two attached hydrogens (primary N) is 1. The van der Waals surface area contributed by atoms with Gasteiger partial charge in [0, 0.05) is 13.2 Å². The average Bonchev–Trinajstić information content (AvgIpc) is 2.03. The van der Waals surface area contributed by atoms with E-state index in [0.29, 0.717) is 13.2 Å². The van der Waals surface area contributed by atoms with E-state index in [0.717, 1.165) is 0 Å². The molecule has 0 aromatic heterocycles. The summed E-state index contributed by atoms with van der Waals surface area (Å²) in [6.07, 6.45) is -0.477. The third kappa shape index (κ3) is 4.31. The molecule has 0 aromatic rings. The standard InChI is InChI=1S/C7H17NO3/c1-3-10-7(11-4-2)6(8)5-9/h6-7,9H,3-5,8H2,1-2H3/t6-/m0/s1. The van der Waals surface area contributed by atoms with Crippen LogP contribution in [0.15, 0.2) is 0 Å². The third-order valence-electron chi connectivity index (χ3n) is 1.22. The second-order valence-electron chi connectivity index (χ2n) is 2.13. The molecule has 0 saturated carbocycles. The van der Waals surface area contributed by atoms with Gasteiger partial charge in [0.05, 0.1) is 12.6 Å². The van der Waals surface area contributed by atoms with Crippen molar-refractivity contribution in [2.24, 2.45) is 5.73 Å². The zero-order valence-electron chi connectivity index (χ0n) is 7.12. The Hall–Kier alpha value is -0.160. The number of ether oxygens (including phenoxy) is 2. The molecule has 0 radical (unpaired) electrons. The van der Waals surface area contributed by atoms with Crippen molar-refractivity contribution < 1.29 is 14.6 Å². The van der Waals surface area contributed by atoms with Crippen LogP contribution < -0.4 is 5.73 Å². The van der Waals surface area contributed by atoms with Crippen molar-refractivity contribution in [1.82, 2.24) is 0 Å². The molecule has 0 unspecified atom stereocenters. The topological polar surface area (TPSA) is 64.7 Å². The first kappa shape index (κ1) is 10.8. The van der Waals surface area contributed by atoms with Gasteiger partial charge in [-0.15, -0.1) is 0 Å². The molecule has 68 valence electrons. The minimum absolute atomic E-state index is 0.120. The SMILES string of the molecule is CCOC(OCC)[C@@H](N)CO. The molecule has 3 N–H and O–H groups in total. The highest BCUT2D eigenvalue weighted by atomic mass is 16.7. The summed E-state index contributed by atoms with van der Waals surface area (Å²) in [7, 11) is 0. The zero-order chi connectivity index (χ0) is 8.69. The van der Waals surface area contributed by atoms with Crippen LogP contribution in [-0.2, 0) is 9.47 Å². The summed E-state index contributed by atoms with van der Waals surface area (Å²) < 4.78 is 10.3. The summed E-state index contributed by atoms with van der Waals surface area (Å²) in [5.74, 6) is 0. The van der Waals surface area contributed by atoms with Crippen molar-refractivity contribution in [3.8, 4) is 0 Å². The van der Waals surface area contributed by atoms with Crippen molar-refractivity contribution in [3.05, 3.63) is 0 Å². The number of aliphatic hydroxyl groups is 1. The Morgan fingerprint density at radius 3 is 2.00 bits per heavy atom. The summed E-state index contributed by atoms with van der Waals surface area (Å²) in [5.41, 5.74) is 5.49. The Morgan fingerprint density at radius 2 is 1.73 bits per heavy atom. The molecule has 0 heterocycles. The fourth-order valence-electron chi connectivity index (χ4n) is 0.710. The molecule has 0 bridgehead atoms. The molecular formula is C7H17NO3. The Bertz CT molecular complexity index is 83.8. The number of hydrogen-bond acceptors (Lipinski definition) is 4. The van der Waals surface area contributed by atoms with Crippen molar-refractivity contribution in [1.29, 1.82) is 0 Å². The molecule has 4 nitrogen and oxygen atoms in total. The van der Waals surface area contributed by atoms with E-state index in [1.807, 2.05) is 13.8 Å². The van der Waals surface area contributed by atoms with E-state index in [4.69, 9.17) is 20.3 Å². The quantitative estimate of drug-likeness (QED) is 0.528. The van der Waals surface area contributed by atoms with Crippen molar-refractivity contribution in [2.75, 3.05) is 19.8 Å². The highest BCUT2D eigenvalue weighted by Crippen LogP contribution is 1.98. The van der Waals surface area contributed by atoms with E-state index in [1.165, 1.54) is 0 Å². The lowest BCUT2D eigenvalue weighted by atomic mass is 10.3. The first-order chi connectivity index (χ1) is 5.26. The van der Waals surface area contributed by atoms with Crippen LogP contribution in [0.1, 0.15) is 13.8 Å². The van der Waals surface area contributed by atoms with Crippen molar-refractivity contribution in [2.45, 2.75) is 26.2 Å². The molecular weight excluding hydrogens is 146 g/mol. The van der Waals surface area contributed by atoms with Gasteiger partial charge in [0.15, 0.2) is 6.29 Å². The molecule has 11 heavy (non-hydrogen) atoms. The van der Waals surface area contributed by atoms with Gasteiger partial charge < -0.3 is 20.3 Å². The molecule has 0 aliphatic carbocycles. The number of hydrogen-bond donors (Lipinski definition) is 2. The summed E-state index contributed by atoms with van der Waals surface area (Å²) in [5, 5.41) is 8.67. The highest BCUT2D eigenvalue weighted by molar-refractivity contribution is 4.63. The second-order valence-corrected chi connectivity index (χ2v) is 2.13. The van der Waals surface area contributed by atoms with E-state index in [-0.39, 0.29) is 6.61 Å².